The molecular formula is C16H17N3O4S. The number of carbonyl (C=O) groups is 2. The third-order valence-electron chi connectivity index (χ3n) is 2.93. The van der Waals surface area contributed by atoms with Gasteiger partial charge >= 0.3 is 12.0 Å². The summed E-state index contributed by atoms with van der Waals surface area (Å²) in [5, 5.41) is 12.0. The monoisotopic (exact) mass is 347 g/mol. The predicted molar refractivity (Wildman–Crippen MR) is 92.8 cm³/mol. The SMILES string of the molecule is CN(C)C(=O)Nc1snc(OCC=Cc2ccccc2)c1C(=O)O. The van der Waals surface area contributed by atoms with Gasteiger partial charge in [-0.15, -0.1) is 0 Å². The summed E-state index contributed by atoms with van der Waals surface area (Å²) in [4.78, 5) is 24.4. The van der Waals surface area contributed by atoms with E-state index in [-0.39, 0.29) is 23.1 Å². The van der Waals surface area contributed by atoms with Crippen molar-refractivity contribution in [1.29, 1.82) is 0 Å². The summed E-state index contributed by atoms with van der Waals surface area (Å²) in [5.41, 5.74) is 0.861. The van der Waals surface area contributed by atoms with Crippen LogP contribution in [0.5, 0.6) is 5.88 Å². The van der Waals surface area contributed by atoms with Crippen LogP contribution in [0.25, 0.3) is 6.08 Å². The van der Waals surface area contributed by atoms with E-state index in [0.29, 0.717) is 0 Å². The summed E-state index contributed by atoms with van der Waals surface area (Å²) in [6, 6.07) is 9.21. The fourth-order valence-electron chi connectivity index (χ4n) is 1.73. The van der Waals surface area contributed by atoms with Crippen LogP contribution < -0.4 is 10.1 Å². The average molecular weight is 347 g/mol. The number of hydrogen-bond acceptors (Lipinski definition) is 5. The first-order valence-electron chi connectivity index (χ1n) is 7.04. The molecule has 0 saturated carbocycles. The van der Waals surface area contributed by atoms with E-state index >= 15 is 0 Å². The molecule has 0 fully saturated rings. The topological polar surface area (TPSA) is 91.8 Å². The number of amides is 2. The lowest BCUT2D eigenvalue weighted by Gasteiger charge is -2.10. The fraction of sp³-hybridized carbons (Fsp3) is 0.188. The number of carboxylic acid groups (broad SMARTS) is 1. The molecule has 0 radical (unpaired) electrons. The Morgan fingerprint density at radius 2 is 2.04 bits per heavy atom. The van der Waals surface area contributed by atoms with Crippen molar-refractivity contribution in [2.24, 2.45) is 0 Å². The quantitative estimate of drug-likeness (QED) is 0.838. The molecule has 1 heterocycles. The summed E-state index contributed by atoms with van der Waals surface area (Å²) in [6.45, 7) is 0.167. The predicted octanol–water partition coefficient (Wildman–Crippen LogP) is 3.03. The summed E-state index contributed by atoms with van der Waals surface area (Å²) in [6.07, 6.45) is 3.62. The van der Waals surface area contributed by atoms with Gasteiger partial charge in [-0.25, -0.2) is 9.59 Å². The molecule has 2 amide bonds. The summed E-state index contributed by atoms with van der Waals surface area (Å²) >= 11 is 0.866. The van der Waals surface area contributed by atoms with Gasteiger partial charge in [-0.2, -0.15) is 4.37 Å². The summed E-state index contributed by atoms with van der Waals surface area (Å²) < 4.78 is 9.38. The van der Waals surface area contributed by atoms with Crippen molar-refractivity contribution in [3.8, 4) is 5.88 Å². The number of hydrogen-bond donors (Lipinski definition) is 2. The van der Waals surface area contributed by atoms with Crippen LogP contribution in [-0.4, -0.2) is 47.1 Å². The number of urea groups is 1. The Morgan fingerprint density at radius 3 is 2.67 bits per heavy atom. The number of carboxylic acids is 1. The Hall–Kier alpha value is -2.87. The van der Waals surface area contributed by atoms with E-state index in [1.165, 1.54) is 4.90 Å². The lowest BCUT2D eigenvalue weighted by molar-refractivity contribution is 0.0694. The Labute approximate surface area is 143 Å². The largest absolute Gasteiger partial charge is 0.477 e. The first-order valence-corrected chi connectivity index (χ1v) is 7.82. The van der Waals surface area contributed by atoms with Crippen LogP contribution in [0.15, 0.2) is 36.4 Å². The molecule has 8 heteroatoms. The zero-order valence-electron chi connectivity index (χ0n) is 13.2. The van der Waals surface area contributed by atoms with Crippen molar-refractivity contribution in [3.05, 3.63) is 47.5 Å². The number of carbonyl (C=O) groups excluding carboxylic acids is 1. The Bertz CT molecular complexity index is 741. The van der Waals surface area contributed by atoms with Gasteiger partial charge in [0, 0.05) is 14.1 Å². The zero-order chi connectivity index (χ0) is 17.5. The fourth-order valence-corrected chi connectivity index (χ4v) is 2.45. The van der Waals surface area contributed by atoms with Crippen LogP contribution in [-0.2, 0) is 0 Å². The normalized spacial score (nSPS) is 10.6. The molecule has 2 rings (SSSR count). The van der Waals surface area contributed by atoms with Gasteiger partial charge < -0.3 is 14.7 Å². The first kappa shape index (κ1) is 17.5. The zero-order valence-corrected chi connectivity index (χ0v) is 14.0. The lowest BCUT2D eigenvalue weighted by atomic mass is 10.2. The highest BCUT2D eigenvalue weighted by Gasteiger charge is 2.23. The highest BCUT2D eigenvalue weighted by molar-refractivity contribution is 7.11. The number of aromatic carboxylic acids is 1. The van der Waals surface area contributed by atoms with Gasteiger partial charge in [0.15, 0.2) is 5.56 Å². The average Bonchev–Trinajstić information content (AvgIpc) is 2.95. The van der Waals surface area contributed by atoms with Gasteiger partial charge in [0.1, 0.15) is 11.6 Å². The van der Waals surface area contributed by atoms with E-state index in [0.717, 1.165) is 17.1 Å². The van der Waals surface area contributed by atoms with Crippen LogP contribution in [0.1, 0.15) is 15.9 Å². The van der Waals surface area contributed by atoms with Crippen molar-refractivity contribution < 1.29 is 19.4 Å². The number of ether oxygens (including phenoxy) is 1. The highest BCUT2D eigenvalue weighted by atomic mass is 32.1. The molecule has 2 N–H and O–H groups in total. The Morgan fingerprint density at radius 1 is 1.33 bits per heavy atom. The van der Waals surface area contributed by atoms with Crippen LogP contribution >= 0.6 is 11.5 Å². The minimum atomic E-state index is -1.21. The third kappa shape index (κ3) is 4.56. The summed E-state index contributed by atoms with van der Waals surface area (Å²) in [7, 11) is 3.12. The molecule has 2 aromatic rings. The second-order valence-corrected chi connectivity index (χ2v) is 5.72. The van der Waals surface area contributed by atoms with Crippen LogP contribution in [0.4, 0.5) is 9.80 Å². The van der Waals surface area contributed by atoms with Crippen molar-refractivity contribution in [1.82, 2.24) is 9.27 Å². The van der Waals surface area contributed by atoms with Gasteiger partial charge in [-0.1, -0.05) is 36.4 Å². The number of nitrogens with one attached hydrogen (secondary N) is 1. The van der Waals surface area contributed by atoms with Gasteiger partial charge in [-0.3, -0.25) is 5.32 Å². The van der Waals surface area contributed by atoms with E-state index in [2.05, 4.69) is 9.69 Å². The number of nitrogens with zero attached hydrogens (tertiary/aromatic N) is 2. The van der Waals surface area contributed by atoms with Crippen molar-refractivity contribution in [2.75, 3.05) is 26.0 Å². The molecule has 0 aliphatic rings. The minimum absolute atomic E-state index is 0.0146. The van der Waals surface area contributed by atoms with Gasteiger partial charge in [0.05, 0.1) is 0 Å². The number of rotatable bonds is 6. The van der Waals surface area contributed by atoms with E-state index in [9.17, 15) is 14.7 Å². The van der Waals surface area contributed by atoms with Crippen molar-refractivity contribution in [3.63, 3.8) is 0 Å². The first-order chi connectivity index (χ1) is 11.5. The molecule has 0 unspecified atom stereocenters. The van der Waals surface area contributed by atoms with Gasteiger partial charge in [-0.05, 0) is 23.2 Å². The number of anilines is 1. The molecule has 0 aliphatic carbocycles. The molecule has 0 aliphatic heterocycles. The maximum atomic E-state index is 11.7. The molecule has 126 valence electrons. The minimum Gasteiger partial charge on any atom is -0.477 e. The maximum absolute atomic E-state index is 11.7. The molecule has 24 heavy (non-hydrogen) atoms. The molecule has 0 atom stereocenters. The standard InChI is InChI=1S/C16H17N3O4S/c1-19(2)16(22)17-14-12(15(20)21)13(18-24-14)23-10-6-9-11-7-4-3-5-8-11/h3-9H,10H2,1-2H3,(H,17,22)(H,20,21). The molecule has 1 aromatic heterocycles. The Balaban J connectivity index is 2.05. The maximum Gasteiger partial charge on any atom is 0.344 e. The van der Waals surface area contributed by atoms with Crippen molar-refractivity contribution in [2.45, 2.75) is 0 Å². The second-order valence-electron chi connectivity index (χ2n) is 4.95. The van der Waals surface area contributed by atoms with Gasteiger partial charge in [0.2, 0.25) is 5.88 Å². The third-order valence-corrected chi connectivity index (χ3v) is 3.67. The molecule has 0 spiro atoms. The molecule has 1 aromatic carbocycles. The lowest BCUT2D eigenvalue weighted by Crippen LogP contribution is -2.27. The van der Waals surface area contributed by atoms with E-state index in [1.54, 1.807) is 20.2 Å². The van der Waals surface area contributed by atoms with E-state index in [4.69, 9.17) is 4.74 Å². The number of benzene rings is 1. The van der Waals surface area contributed by atoms with Crippen LogP contribution in [0, 0.1) is 0 Å². The summed E-state index contributed by atoms with van der Waals surface area (Å²) in [5.74, 6) is -1.22. The highest BCUT2D eigenvalue weighted by Crippen LogP contribution is 2.30. The molecule has 0 bridgehead atoms. The van der Waals surface area contributed by atoms with Crippen LogP contribution in [0.2, 0.25) is 0 Å². The molecular weight excluding hydrogens is 330 g/mol. The smallest absolute Gasteiger partial charge is 0.344 e. The van der Waals surface area contributed by atoms with Crippen LogP contribution in [0.3, 0.4) is 0 Å². The molecule has 7 nitrogen and oxygen atoms in total. The molecule has 0 saturated heterocycles. The van der Waals surface area contributed by atoms with E-state index < -0.39 is 12.0 Å². The van der Waals surface area contributed by atoms with Crippen molar-refractivity contribution >= 4 is 34.6 Å². The Kier molecular flexibility index (Phi) is 5.91. The number of aromatic nitrogens is 1. The van der Waals surface area contributed by atoms with E-state index in [1.807, 2.05) is 36.4 Å². The second kappa shape index (κ2) is 8.11. The van der Waals surface area contributed by atoms with Gasteiger partial charge in [0.25, 0.3) is 0 Å².